The first-order chi connectivity index (χ1) is 15.9. The van der Waals surface area contributed by atoms with Crippen molar-refractivity contribution in [3.05, 3.63) is 64.2 Å². The Labute approximate surface area is 202 Å². The van der Waals surface area contributed by atoms with Crippen LogP contribution in [0.4, 0.5) is 0 Å². The van der Waals surface area contributed by atoms with Crippen LogP contribution in [-0.4, -0.2) is 35.4 Å². The zero-order valence-electron chi connectivity index (χ0n) is 19.9. The van der Waals surface area contributed by atoms with Gasteiger partial charge >= 0.3 is 0 Å². The molecule has 1 fully saturated rings. The van der Waals surface area contributed by atoms with Gasteiger partial charge in [-0.2, -0.15) is 0 Å². The monoisotopic (exact) mass is 470 g/mol. The molecule has 33 heavy (non-hydrogen) atoms. The minimum Gasteiger partial charge on any atom is -0.484 e. The molecule has 0 unspecified atom stereocenters. The summed E-state index contributed by atoms with van der Waals surface area (Å²) in [6.45, 7) is 6.19. The van der Waals surface area contributed by atoms with Crippen molar-refractivity contribution >= 4 is 23.4 Å². The Kier molecular flexibility index (Phi) is 9.19. The van der Waals surface area contributed by atoms with Crippen molar-refractivity contribution in [1.82, 2.24) is 10.2 Å². The Bertz CT molecular complexity index is 939. The second-order valence-electron chi connectivity index (χ2n) is 8.95. The van der Waals surface area contributed by atoms with E-state index in [1.807, 2.05) is 51.1 Å². The predicted octanol–water partition coefficient (Wildman–Crippen LogP) is 5.59. The minimum absolute atomic E-state index is 0.0853. The molecular weight excluding hydrogens is 436 g/mol. The number of carbonyl (C=O) groups is 2. The van der Waals surface area contributed by atoms with Crippen LogP contribution in [0.25, 0.3) is 0 Å². The number of hydrogen-bond donors (Lipinski definition) is 1. The molecule has 0 aliphatic heterocycles. The highest BCUT2D eigenvalue weighted by atomic mass is 35.5. The summed E-state index contributed by atoms with van der Waals surface area (Å²) in [6, 6.07) is 12.8. The summed E-state index contributed by atoms with van der Waals surface area (Å²) in [4.78, 5) is 28.2. The summed E-state index contributed by atoms with van der Waals surface area (Å²) in [6.07, 6.45) is 6.03. The fourth-order valence-electron chi connectivity index (χ4n) is 4.28. The molecule has 1 atom stereocenters. The predicted molar refractivity (Wildman–Crippen MR) is 133 cm³/mol. The van der Waals surface area contributed by atoms with Crippen LogP contribution in [0.1, 0.15) is 62.1 Å². The van der Waals surface area contributed by atoms with Gasteiger partial charge in [0, 0.05) is 17.6 Å². The smallest absolute Gasteiger partial charge is 0.261 e. The number of aryl methyl sites for hydroxylation is 2. The fourth-order valence-corrected chi connectivity index (χ4v) is 4.41. The summed E-state index contributed by atoms with van der Waals surface area (Å²) in [7, 11) is 0. The van der Waals surface area contributed by atoms with Crippen molar-refractivity contribution in [3.8, 4) is 5.75 Å². The van der Waals surface area contributed by atoms with E-state index in [4.69, 9.17) is 16.3 Å². The SMILES string of the molecule is CC[C@H](C(=O)NC1CCCCC1)N(Cc1ccc(Cl)cc1)C(=O)COc1ccc(C)c(C)c1. The lowest BCUT2D eigenvalue weighted by Gasteiger charge is -2.32. The van der Waals surface area contributed by atoms with Gasteiger partial charge in [-0.1, -0.05) is 56.0 Å². The first-order valence-electron chi connectivity index (χ1n) is 11.9. The van der Waals surface area contributed by atoms with E-state index in [1.165, 1.54) is 12.0 Å². The Hall–Kier alpha value is -2.53. The molecule has 1 aliphatic rings. The van der Waals surface area contributed by atoms with Crippen molar-refractivity contribution in [2.24, 2.45) is 0 Å². The zero-order chi connectivity index (χ0) is 23.8. The number of halogens is 1. The second-order valence-corrected chi connectivity index (χ2v) is 9.39. The van der Waals surface area contributed by atoms with E-state index in [9.17, 15) is 9.59 Å². The van der Waals surface area contributed by atoms with Gasteiger partial charge in [-0.25, -0.2) is 0 Å². The van der Waals surface area contributed by atoms with Crippen LogP contribution in [0, 0.1) is 13.8 Å². The molecule has 0 bridgehead atoms. The van der Waals surface area contributed by atoms with Crippen LogP contribution >= 0.6 is 11.6 Å². The number of ether oxygens (including phenoxy) is 1. The normalized spacial score (nSPS) is 15.0. The van der Waals surface area contributed by atoms with Crippen LogP contribution < -0.4 is 10.1 Å². The molecule has 0 radical (unpaired) electrons. The summed E-state index contributed by atoms with van der Waals surface area (Å²) >= 11 is 6.04. The third-order valence-corrected chi connectivity index (χ3v) is 6.70. The molecule has 3 rings (SSSR count). The van der Waals surface area contributed by atoms with Gasteiger partial charge < -0.3 is 15.0 Å². The van der Waals surface area contributed by atoms with Crippen LogP contribution in [-0.2, 0) is 16.1 Å². The van der Waals surface area contributed by atoms with Crippen LogP contribution in [0.5, 0.6) is 5.75 Å². The first-order valence-corrected chi connectivity index (χ1v) is 12.3. The largest absolute Gasteiger partial charge is 0.484 e. The summed E-state index contributed by atoms with van der Waals surface area (Å²) in [5.74, 6) is 0.351. The van der Waals surface area contributed by atoms with Crippen molar-refractivity contribution in [3.63, 3.8) is 0 Å². The van der Waals surface area contributed by atoms with Gasteiger partial charge in [0.05, 0.1) is 0 Å². The number of carbonyl (C=O) groups excluding carboxylic acids is 2. The summed E-state index contributed by atoms with van der Waals surface area (Å²) in [5.41, 5.74) is 3.20. The maximum atomic E-state index is 13.3. The van der Waals surface area contributed by atoms with E-state index in [0.717, 1.165) is 36.8 Å². The molecular formula is C27H35ClN2O3. The average Bonchev–Trinajstić information content (AvgIpc) is 2.81. The van der Waals surface area contributed by atoms with Crippen LogP contribution in [0.3, 0.4) is 0 Å². The van der Waals surface area contributed by atoms with E-state index >= 15 is 0 Å². The third kappa shape index (κ3) is 7.23. The van der Waals surface area contributed by atoms with Crippen LogP contribution in [0.2, 0.25) is 5.02 Å². The highest BCUT2D eigenvalue weighted by Crippen LogP contribution is 2.20. The summed E-state index contributed by atoms with van der Waals surface area (Å²) in [5, 5.41) is 3.83. The fraction of sp³-hybridized carbons (Fsp3) is 0.481. The first kappa shape index (κ1) is 25.1. The molecule has 5 nitrogen and oxygen atoms in total. The Morgan fingerprint density at radius 2 is 1.76 bits per heavy atom. The van der Waals surface area contributed by atoms with Gasteiger partial charge in [0.1, 0.15) is 11.8 Å². The molecule has 0 spiro atoms. The lowest BCUT2D eigenvalue weighted by Crippen LogP contribution is -2.52. The van der Waals surface area contributed by atoms with Gasteiger partial charge in [-0.3, -0.25) is 9.59 Å². The average molecular weight is 471 g/mol. The molecule has 2 amide bonds. The van der Waals surface area contributed by atoms with E-state index in [0.29, 0.717) is 23.7 Å². The molecule has 6 heteroatoms. The number of nitrogens with one attached hydrogen (secondary N) is 1. The number of hydrogen-bond acceptors (Lipinski definition) is 3. The Morgan fingerprint density at radius 1 is 1.06 bits per heavy atom. The van der Waals surface area contributed by atoms with Gasteiger partial charge in [0.25, 0.3) is 5.91 Å². The summed E-state index contributed by atoms with van der Waals surface area (Å²) < 4.78 is 5.82. The van der Waals surface area contributed by atoms with E-state index in [2.05, 4.69) is 5.32 Å². The molecule has 1 saturated carbocycles. The molecule has 0 saturated heterocycles. The van der Waals surface area contributed by atoms with Crippen molar-refractivity contribution in [2.45, 2.75) is 77.9 Å². The molecule has 0 aromatic heterocycles. The number of nitrogens with zero attached hydrogens (tertiary/aromatic N) is 1. The van der Waals surface area contributed by atoms with Gasteiger partial charge in [0.15, 0.2) is 6.61 Å². The maximum Gasteiger partial charge on any atom is 0.261 e. The zero-order valence-corrected chi connectivity index (χ0v) is 20.7. The van der Waals surface area contributed by atoms with Gasteiger partial charge in [-0.05, 0) is 74.1 Å². The molecule has 178 valence electrons. The Morgan fingerprint density at radius 3 is 2.39 bits per heavy atom. The van der Waals surface area contributed by atoms with Gasteiger partial charge in [-0.15, -0.1) is 0 Å². The van der Waals surface area contributed by atoms with Gasteiger partial charge in [0.2, 0.25) is 5.91 Å². The number of amides is 2. The highest BCUT2D eigenvalue weighted by molar-refractivity contribution is 6.30. The van der Waals surface area contributed by atoms with Crippen LogP contribution in [0.15, 0.2) is 42.5 Å². The maximum absolute atomic E-state index is 13.3. The lowest BCUT2D eigenvalue weighted by molar-refractivity contribution is -0.143. The lowest BCUT2D eigenvalue weighted by atomic mass is 9.95. The minimum atomic E-state index is -0.557. The highest BCUT2D eigenvalue weighted by Gasteiger charge is 2.30. The van der Waals surface area contributed by atoms with Crippen molar-refractivity contribution in [2.75, 3.05) is 6.61 Å². The third-order valence-electron chi connectivity index (χ3n) is 6.44. The standard InChI is InChI=1S/C27H35ClN2O3/c1-4-25(27(32)29-23-8-6-5-7-9-23)30(17-21-11-13-22(28)14-12-21)26(31)18-33-24-15-10-19(2)20(3)16-24/h10-16,23,25H,4-9,17-18H2,1-3H3,(H,29,32)/t25-/m1/s1. The molecule has 1 N–H and O–H groups in total. The Balaban J connectivity index is 1.75. The van der Waals surface area contributed by atoms with Crippen molar-refractivity contribution < 1.29 is 14.3 Å². The molecule has 2 aromatic carbocycles. The topological polar surface area (TPSA) is 58.6 Å². The molecule has 1 aliphatic carbocycles. The number of rotatable bonds is 9. The molecule has 0 heterocycles. The second kappa shape index (κ2) is 12.1. The quantitative estimate of drug-likeness (QED) is 0.519. The molecule has 2 aromatic rings. The van der Waals surface area contributed by atoms with Crippen molar-refractivity contribution in [1.29, 1.82) is 0 Å². The van der Waals surface area contributed by atoms with E-state index < -0.39 is 6.04 Å². The van der Waals surface area contributed by atoms with E-state index in [-0.39, 0.29) is 24.5 Å². The number of benzene rings is 2. The van der Waals surface area contributed by atoms with E-state index in [1.54, 1.807) is 17.0 Å².